The van der Waals surface area contributed by atoms with Crippen molar-refractivity contribution in [3.63, 3.8) is 0 Å². The summed E-state index contributed by atoms with van der Waals surface area (Å²) < 4.78 is 5.34. The highest BCUT2D eigenvalue weighted by atomic mass is 16.5. The van der Waals surface area contributed by atoms with E-state index in [1.807, 2.05) is 6.07 Å². The first-order valence-electron chi connectivity index (χ1n) is 5.61. The summed E-state index contributed by atoms with van der Waals surface area (Å²) in [7, 11) is 0. The number of hydrogen-bond acceptors (Lipinski definition) is 5. The van der Waals surface area contributed by atoms with E-state index in [-0.39, 0.29) is 11.2 Å². The molecular weight excluding hydrogens is 216 g/mol. The number of rotatable bonds is 2. The van der Waals surface area contributed by atoms with Gasteiger partial charge in [0.05, 0.1) is 18.9 Å². The molecule has 0 atom stereocenters. The van der Waals surface area contributed by atoms with Gasteiger partial charge in [-0.25, -0.2) is 9.97 Å². The van der Waals surface area contributed by atoms with Gasteiger partial charge in [0.2, 0.25) is 5.82 Å². The summed E-state index contributed by atoms with van der Waals surface area (Å²) in [6.07, 6.45) is 0. The molecule has 0 saturated carbocycles. The Labute approximate surface area is 101 Å². The second-order valence-corrected chi connectivity index (χ2v) is 5.34. The quantitative estimate of drug-likeness (QED) is 0.842. The number of ether oxygens (including phenoxy) is 1. The number of aromatic nitrogens is 2. The first-order chi connectivity index (χ1) is 7.99. The van der Waals surface area contributed by atoms with Crippen LogP contribution in [0.2, 0.25) is 0 Å². The Morgan fingerprint density at radius 3 is 2.76 bits per heavy atom. The number of hydrogen-bond donors (Lipinski definition) is 1. The van der Waals surface area contributed by atoms with E-state index in [1.165, 1.54) is 0 Å². The van der Waals surface area contributed by atoms with E-state index in [1.54, 1.807) is 0 Å². The standard InChI is InChI=1S/C12H16N4O/c1-12(2,3)7-14-11-8-5-17-6-9(8)15-10(4-13)16-11/h5-7H2,1-3H3,(H,14,15,16). The van der Waals surface area contributed by atoms with Gasteiger partial charge in [0.15, 0.2) is 0 Å². The number of nitrogens with zero attached hydrogens (tertiary/aromatic N) is 3. The van der Waals surface area contributed by atoms with Crippen LogP contribution < -0.4 is 5.32 Å². The van der Waals surface area contributed by atoms with Crippen molar-refractivity contribution >= 4 is 5.82 Å². The fraction of sp³-hybridized carbons (Fsp3) is 0.583. The third kappa shape index (κ3) is 2.71. The van der Waals surface area contributed by atoms with Gasteiger partial charge in [0.25, 0.3) is 0 Å². The monoisotopic (exact) mass is 232 g/mol. The van der Waals surface area contributed by atoms with Gasteiger partial charge >= 0.3 is 0 Å². The van der Waals surface area contributed by atoms with E-state index < -0.39 is 0 Å². The molecule has 0 aromatic carbocycles. The van der Waals surface area contributed by atoms with Crippen LogP contribution >= 0.6 is 0 Å². The molecule has 0 fully saturated rings. The van der Waals surface area contributed by atoms with Crippen LogP contribution in [0.25, 0.3) is 0 Å². The fourth-order valence-electron chi connectivity index (χ4n) is 1.60. The van der Waals surface area contributed by atoms with Crippen LogP contribution in [-0.4, -0.2) is 16.5 Å². The summed E-state index contributed by atoms with van der Waals surface area (Å²) in [5, 5.41) is 12.2. The van der Waals surface area contributed by atoms with Crippen molar-refractivity contribution in [1.82, 2.24) is 9.97 Å². The molecule has 0 amide bonds. The Balaban J connectivity index is 2.27. The van der Waals surface area contributed by atoms with Gasteiger partial charge in [-0.05, 0) is 5.41 Å². The minimum atomic E-state index is 0.157. The second-order valence-electron chi connectivity index (χ2n) is 5.34. The Hall–Kier alpha value is -1.67. The molecule has 0 unspecified atom stereocenters. The molecule has 2 rings (SSSR count). The van der Waals surface area contributed by atoms with Gasteiger partial charge in [0.1, 0.15) is 11.9 Å². The lowest BCUT2D eigenvalue weighted by molar-refractivity contribution is 0.133. The maximum absolute atomic E-state index is 8.88. The van der Waals surface area contributed by atoms with E-state index in [9.17, 15) is 0 Å². The van der Waals surface area contributed by atoms with Crippen molar-refractivity contribution in [3.05, 3.63) is 17.1 Å². The van der Waals surface area contributed by atoms with Crippen molar-refractivity contribution in [2.24, 2.45) is 5.41 Å². The molecule has 0 spiro atoms. The van der Waals surface area contributed by atoms with E-state index >= 15 is 0 Å². The largest absolute Gasteiger partial charge is 0.370 e. The van der Waals surface area contributed by atoms with Gasteiger partial charge in [0, 0.05) is 12.1 Å². The van der Waals surface area contributed by atoms with E-state index in [2.05, 4.69) is 36.1 Å². The highest BCUT2D eigenvalue weighted by molar-refractivity contribution is 5.48. The third-order valence-electron chi connectivity index (χ3n) is 2.46. The molecule has 0 radical (unpaired) electrons. The summed E-state index contributed by atoms with van der Waals surface area (Å²) in [6, 6.07) is 1.98. The summed E-state index contributed by atoms with van der Waals surface area (Å²) in [4.78, 5) is 8.34. The predicted octanol–water partition coefficient (Wildman–Crippen LogP) is 1.84. The summed E-state index contributed by atoms with van der Waals surface area (Å²) in [6.45, 7) is 8.21. The molecule has 17 heavy (non-hydrogen) atoms. The third-order valence-corrected chi connectivity index (χ3v) is 2.46. The lowest BCUT2D eigenvalue weighted by Crippen LogP contribution is -2.21. The van der Waals surface area contributed by atoms with Gasteiger partial charge in [-0.1, -0.05) is 20.8 Å². The molecule has 5 heteroatoms. The van der Waals surface area contributed by atoms with Crippen LogP contribution in [0.4, 0.5) is 5.82 Å². The minimum Gasteiger partial charge on any atom is -0.370 e. The van der Waals surface area contributed by atoms with Gasteiger partial charge in [-0.2, -0.15) is 5.26 Å². The van der Waals surface area contributed by atoms with Crippen LogP contribution in [-0.2, 0) is 18.0 Å². The predicted molar refractivity (Wildman–Crippen MR) is 63.2 cm³/mol. The normalized spacial score (nSPS) is 14.2. The zero-order valence-electron chi connectivity index (χ0n) is 10.4. The minimum absolute atomic E-state index is 0.157. The van der Waals surface area contributed by atoms with Crippen molar-refractivity contribution in [3.8, 4) is 6.07 Å². The van der Waals surface area contributed by atoms with Crippen molar-refractivity contribution in [1.29, 1.82) is 5.26 Å². The second kappa shape index (κ2) is 4.30. The molecule has 1 aromatic rings. The maximum Gasteiger partial charge on any atom is 0.234 e. The highest BCUT2D eigenvalue weighted by Gasteiger charge is 2.21. The average Bonchev–Trinajstić information content (AvgIpc) is 2.72. The lowest BCUT2D eigenvalue weighted by Gasteiger charge is -2.20. The molecule has 0 saturated heterocycles. The Morgan fingerprint density at radius 2 is 2.12 bits per heavy atom. The topological polar surface area (TPSA) is 70.8 Å². The number of anilines is 1. The molecule has 5 nitrogen and oxygen atoms in total. The Bertz CT molecular complexity index is 471. The molecule has 0 bridgehead atoms. The van der Waals surface area contributed by atoms with Crippen LogP contribution in [0.1, 0.15) is 37.9 Å². The zero-order valence-corrected chi connectivity index (χ0v) is 10.4. The van der Waals surface area contributed by atoms with Gasteiger partial charge in [-0.3, -0.25) is 0 Å². The van der Waals surface area contributed by atoms with Crippen molar-refractivity contribution in [2.45, 2.75) is 34.0 Å². The smallest absolute Gasteiger partial charge is 0.234 e. The SMILES string of the molecule is CC(C)(C)CNc1nc(C#N)nc2c1COC2. The first kappa shape index (κ1) is 11.8. The lowest BCUT2D eigenvalue weighted by atomic mass is 9.97. The maximum atomic E-state index is 8.88. The molecule has 1 aliphatic heterocycles. The summed E-state index contributed by atoms with van der Waals surface area (Å²) in [5.74, 6) is 0.935. The Morgan fingerprint density at radius 1 is 1.35 bits per heavy atom. The molecule has 0 aliphatic carbocycles. The zero-order chi connectivity index (χ0) is 12.5. The van der Waals surface area contributed by atoms with Crippen molar-refractivity contribution in [2.75, 3.05) is 11.9 Å². The summed E-state index contributed by atoms with van der Waals surface area (Å²) in [5.41, 5.74) is 1.96. The number of fused-ring (bicyclic) bond motifs is 1. The van der Waals surface area contributed by atoms with Crippen molar-refractivity contribution < 1.29 is 4.74 Å². The first-order valence-corrected chi connectivity index (χ1v) is 5.61. The fourth-order valence-corrected chi connectivity index (χ4v) is 1.60. The average molecular weight is 232 g/mol. The molecule has 1 aromatic heterocycles. The van der Waals surface area contributed by atoms with Gasteiger partial charge in [-0.15, -0.1) is 0 Å². The molecule has 90 valence electrons. The summed E-state index contributed by atoms with van der Waals surface area (Å²) >= 11 is 0. The number of nitriles is 1. The van der Waals surface area contributed by atoms with Crippen LogP contribution in [0.3, 0.4) is 0 Å². The van der Waals surface area contributed by atoms with E-state index in [0.717, 1.165) is 23.6 Å². The van der Waals surface area contributed by atoms with E-state index in [4.69, 9.17) is 10.00 Å². The van der Waals surface area contributed by atoms with Crippen LogP contribution in [0.15, 0.2) is 0 Å². The van der Waals surface area contributed by atoms with Crippen LogP contribution in [0, 0.1) is 16.7 Å². The number of nitrogens with one attached hydrogen (secondary N) is 1. The highest BCUT2D eigenvalue weighted by Crippen LogP contribution is 2.25. The molecule has 2 heterocycles. The van der Waals surface area contributed by atoms with Gasteiger partial charge < -0.3 is 10.1 Å². The molecule has 1 aliphatic rings. The molecular formula is C12H16N4O. The van der Waals surface area contributed by atoms with Crippen LogP contribution in [0.5, 0.6) is 0 Å². The molecule has 1 N–H and O–H groups in total. The Kier molecular flexibility index (Phi) is 2.99. The van der Waals surface area contributed by atoms with E-state index in [0.29, 0.717) is 13.2 Å².